The molecule has 0 atom stereocenters. The van der Waals surface area contributed by atoms with E-state index in [4.69, 9.17) is 10.3 Å². The Bertz CT molecular complexity index is 1410. The predicted octanol–water partition coefficient (Wildman–Crippen LogP) is 4.05. The Labute approximate surface area is 179 Å². The minimum atomic E-state index is -3.51. The van der Waals surface area contributed by atoms with Crippen LogP contribution in [0.15, 0.2) is 87.6 Å². The molecule has 156 valence electrons. The van der Waals surface area contributed by atoms with Crippen LogP contribution >= 0.6 is 0 Å². The van der Waals surface area contributed by atoms with Crippen molar-refractivity contribution in [3.8, 4) is 11.1 Å². The van der Waals surface area contributed by atoms with Crippen molar-refractivity contribution in [1.82, 2.24) is 0 Å². The first kappa shape index (κ1) is 20.4. The van der Waals surface area contributed by atoms with Crippen molar-refractivity contribution in [3.63, 3.8) is 0 Å². The van der Waals surface area contributed by atoms with Crippen LogP contribution in [0.5, 0.6) is 0 Å². The van der Waals surface area contributed by atoms with Gasteiger partial charge in [-0.15, -0.1) is 0 Å². The van der Waals surface area contributed by atoms with Crippen molar-refractivity contribution in [2.45, 2.75) is 5.09 Å². The van der Waals surface area contributed by atoms with E-state index in [9.17, 15) is 13.2 Å². The lowest BCUT2D eigenvalue weighted by Gasteiger charge is -2.11. The Kier molecular flexibility index (Phi) is 5.31. The van der Waals surface area contributed by atoms with Crippen molar-refractivity contribution in [3.05, 3.63) is 84.1 Å². The lowest BCUT2D eigenvalue weighted by molar-refractivity contribution is 0.102. The molecule has 3 N–H and O–H groups in total. The second-order valence-electron chi connectivity index (χ2n) is 7.03. The van der Waals surface area contributed by atoms with E-state index in [2.05, 4.69) is 10.4 Å². The van der Waals surface area contributed by atoms with Gasteiger partial charge in [-0.3, -0.25) is 4.79 Å². The van der Waals surface area contributed by atoms with Gasteiger partial charge in [0, 0.05) is 29.1 Å². The van der Waals surface area contributed by atoms with Crippen LogP contribution in [0.3, 0.4) is 0 Å². The zero-order chi connectivity index (χ0) is 22.0. The van der Waals surface area contributed by atoms with E-state index in [1.807, 2.05) is 36.4 Å². The van der Waals surface area contributed by atoms with Gasteiger partial charge in [0.1, 0.15) is 6.26 Å². The van der Waals surface area contributed by atoms with Gasteiger partial charge in [0.2, 0.25) is 14.9 Å². The average Bonchev–Trinajstić information content (AvgIpc) is 3.25. The molecule has 0 aliphatic rings. The fourth-order valence-corrected chi connectivity index (χ4v) is 3.85. The molecule has 31 heavy (non-hydrogen) atoms. The normalized spacial score (nSPS) is 11.8. The zero-order valence-electron chi connectivity index (χ0n) is 16.6. The summed E-state index contributed by atoms with van der Waals surface area (Å²) >= 11 is 0. The van der Waals surface area contributed by atoms with E-state index in [-0.39, 0.29) is 11.0 Å². The molecule has 0 radical (unpaired) electrons. The van der Waals surface area contributed by atoms with E-state index in [1.54, 1.807) is 24.3 Å². The number of hydrazone groups is 1. The molecule has 0 saturated carbocycles. The van der Waals surface area contributed by atoms with Gasteiger partial charge >= 0.3 is 0 Å². The maximum Gasteiger partial charge on any atom is 0.255 e. The molecule has 1 heterocycles. The van der Waals surface area contributed by atoms with Gasteiger partial charge in [0.05, 0.1) is 6.21 Å². The second-order valence-corrected chi connectivity index (χ2v) is 8.98. The van der Waals surface area contributed by atoms with Crippen LogP contribution in [0.25, 0.3) is 21.9 Å². The summed E-state index contributed by atoms with van der Waals surface area (Å²) in [7, 11) is -3.51. The molecular weight excluding hydrogens is 414 g/mol. The lowest BCUT2D eigenvalue weighted by atomic mass is 9.95. The highest BCUT2D eigenvalue weighted by atomic mass is 32.2. The molecule has 4 aromatic rings. The topological polar surface area (TPSA) is 115 Å². The molecule has 0 aliphatic carbocycles. The summed E-state index contributed by atoms with van der Waals surface area (Å²) in [6.07, 6.45) is 3.96. The molecule has 0 spiro atoms. The molecule has 1 aromatic heterocycles. The molecule has 0 bridgehead atoms. The van der Waals surface area contributed by atoms with Crippen molar-refractivity contribution in [1.29, 1.82) is 0 Å². The molecular formula is C23H19N3O4S. The second kappa shape index (κ2) is 8.08. The van der Waals surface area contributed by atoms with Gasteiger partial charge in [-0.2, -0.15) is 5.10 Å². The predicted molar refractivity (Wildman–Crippen MR) is 121 cm³/mol. The smallest absolute Gasteiger partial charge is 0.255 e. The number of carbonyl (C=O) groups excluding carboxylic acids is 1. The maximum absolute atomic E-state index is 12.9. The maximum atomic E-state index is 12.9. The minimum Gasteiger partial charge on any atom is -0.452 e. The van der Waals surface area contributed by atoms with E-state index in [1.165, 1.54) is 18.5 Å². The lowest BCUT2D eigenvalue weighted by Crippen LogP contribution is -2.12. The molecule has 0 aliphatic heterocycles. The molecule has 0 unspecified atom stereocenters. The van der Waals surface area contributed by atoms with Crippen molar-refractivity contribution in [2.24, 2.45) is 10.9 Å². The summed E-state index contributed by atoms with van der Waals surface area (Å²) in [5.41, 5.74) is 3.06. The molecule has 8 heteroatoms. The highest BCUT2D eigenvalue weighted by Gasteiger charge is 2.17. The van der Waals surface area contributed by atoms with Crippen LogP contribution < -0.4 is 11.2 Å². The van der Waals surface area contributed by atoms with Gasteiger partial charge < -0.3 is 15.6 Å². The van der Waals surface area contributed by atoms with Gasteiger partial charge in [-0.05, 0) is 52.2 Å². The van der Waals surface area contributed by atoms with Gasteiger partial charge in [0.25, 0.3) is 5.91 Å². The number of anilines is 1. The number of rotatable bonds is 5. The number of nitrogens with two attached hydrogens (primary N) is 1. The van der Waals surface area contributed by atoms with Crippen LogP contribution in [-0.4, -0.2) is 26.8 Å². The Morgan fingerprint density at radius 3 is 2.52 bits per heavy atom. The standard InChI is InChI=1S/C23H19N3O4S/c1-31(28,29)22-12-18(14-30-22)21-11-17(23(27)26-19-5-3-2-4-6-19)10-16-8-7-15(13-25-24)9-20(16)21/h2-14H,24H2,1H3,(H,26,27). The number of nitrogens with one attached hydrogen (secondary N) is 1. The number of nitrogens with zero attached hydrogens (tertiary/aromatic N) is 1. The fraction of sp³-hybridized carbons (Fsp3) is 0.0435. The van der Waals surface area contributed by atoms with Gasteiger partial charge in [-0.1, -0.05) is 30.3 Å². The van der Waals surface area contributed by atoms with E-state index in [0.29, 0.717) is 22.4 Å². The van der Waals surface area contributed by atoms with Crippen molar-refractivity contribution in [2.75, 3.05) is 11.6 Å². The first-order valence-corrected chi connectivity index (χ1v) is 11.2. The minimum absolute atomic E-state index is 0.144. The number of furan rings is 1. The molecule has 3 aromatic carbocycles. The number of fused-ring (bicyclic) bond motifs is 1. The third-order valence-corrected chi connectivity index (χ3v) is 5.69. The summed E-state index contributed by atoms with van der Waals surface area (Å²) < 4.78 is 29.0. The molecule has 7 nitrogen and oxygen atoms in total. The monoisotopic (exact) mass is 433 g/mol. The Morgan fingerprint density at radius 1 is 1.06 bits per heavy atom. The first-order chi connectivity index (χ1) is 14.8. The number of amides is 1. The van der Waals surface area contributed by atoms with E-state index in [0.717, 1.165) is 22.6 Å². The van der Waals surface area contributed by atoms with E-state index < -0.39 is 9.84 Å². The van der Waals surface area contributed by atoms with Crippen LogP contribution in [0.1, 0.15) is 15.9 Å². The quantitative estimate of drug-likeness (QED) is 0.280. The summed E-state index contributed by atoms with van der Waals surface area (Å²) in [6, 6.07) is 19.6. The molecule has 1 amide bonds. The number of benzene rings is 3. The highest BCUT2D eigenvalue weighted by Crippen LogP contribution is 2.33. The third kappa shape index (κ3) is 4.34. The number of hydrogen-bond acceptors (Lipinski definition) is 6. The average molecular weight is 433 g/mol. The summed E-state index contributed by atoms with van der Waals surface area (Å²) in [6.45, 7) is 0. The van der Waals surface area contributed by atoms with Crippen LogP contribution in [-0.2, 0) is 9.84 Å². The van der Waals surface area contributed by atoms with Crippen molar-refractivity contribution < 1.29 is 17.6 Å². The highest BCUT2D eigenvalue weighted by molar-refractivity contribution is 7.90. The Hall–Kier alpha value is -3.91. The molecule has 0 fully saturated rings. The largest absolute Gasteiger partial charge is 0.452 e. The summed E-state index contributed by atoms with van der Waals surface area (Å²) in [5, 5.41) is 7.88. The number of carbonyl (C=O) groups is 1. The summed E-state index contributed by atoms with van der Waals surface area (Å²) in [4.78, 5) is 12.9. The number of para-hydroxylation sites is 1. The summed E-state index contributed by atoms with van der Waals surface area (Å²) in [5.74, 6) is 4.99. The fourth-order valence-electron chi connectivity index (χ4n) is 3.29. The SMILES string of the molecule is CS(=O)(=O)c1cc(-c2cc(C(=O)Nc3ccccc3)cc3ccc(C=NN)cc23)co1. The molecule has 0 saturated heterocycles. The van der Waals surface area contributed by atoms with Gasteiger partial charge in [0.15, 0.2) is 0 Å². The van der Waals surface area contributed by atoms with Crippen LogP contribution in [0.2, 0.25) is 0 Å². The molecule has 4 rings (SSSR count). The van der Waals surface area contributed by atoms with Gasteiger partial charge in [-0.25, -0.2) is 8.42 Å². The number of hydrogen-bond donors (Lipinski definition) is 2. The first-order valence-electron chi connectivity index (χ1n) is 9.31. The Morgan fingerprint density at radius 2 is 1.84 bits per heavy atom. The zero-order valence-corrected chi connectivity index (χ0v) is 17.4. The van der Waals surface area contributed by atoms with Crippen LogP contribution in [0, 0.1) is 0 Å². The van der Waals surface area contributed by atoms with Crippen molar-refractivity contribution >= 4 is 38.4 Å². The van der Waals surface area contributed by atoms with Crippen LogP contribution in [0.4, 0.5) is 5.69 Å². The number of sulfone groups is 1. The Balaban J connectivity index is 1.87. The van der Waals surface area contributed by atoms with E-state index >= 15 is 0 Å². The third-order valence-electron chi connectivity index (χ3n) is 4.75.